The van der Waals surface area contributed by atoms with Crippen LogP contribution < -0.4 is 10.1 Å². The molecule has 0 unspecified atom stereocenters. The Morgan fingerprint density at radius 2 is 1.92 bits per heavy atom. The highest BCUT2D eigenvalue weighted by Gasteiger charge is 2.27. The van der Waals surface area contributed by atoms with Gasteiger partial charge in [0, 0.05) is 4.88 Å². The molecule has 0 saturated carbocycles. The number of amides is 1. The van der Waals surface area contributed by atoms with Crippen molar-refractivity contribution in [3.8, 4) is 5.75 Å². The second kappa shape index (κ2) is 8.36. The van der Waals surface area contributed by atoms with Crippen molar-refractivity contribution >= 4 is 28.2 Å². The van der Waals surface area contributed by atoms with E-state index in [-0.39, 0.29) is 11.9 Å². The Morgan fingerprint density at radius 3 is 2.69 bits per heavy atom. The van der Waals surface area contributed by atoms with Crippen molar-refractivity contribution < 1.29 is 19.1 Å². The van der Waals surface area contributed by atoms with E-state index in [1.165, 1.54) is 23.3 Å². The molecule has 1 N–H and O–H groups in total. The zero-order valence-corrected chi connectivity index (χ0v) is 15.9. The Hall–Kier alpha value is -2.34. The molecule has 0 spiro atoms. The lowest BCUT2D eigenvalue weighted by atomic mass is 10.1. The fourth-order valence-corrected chi connectivity index (χ4v) is 4.53. The van der Waals surface area contributed by atoms with E-state index in [0.29, 0.717) is 28.5 Å². The molecule has 5 nitrogen and oxygen atoms in total. The maximum atomic E-state index is 12.8. The van der Waals surface area contributed by atoms with Gasteiger partial charge in [0.05, 0.1) is 24.8 Å². The zero-order valence-electron chi connectivity index (χ0n) is 15.1. The third-order valence-electron chi connectivity index (χ3n) is 4.48. The van der Waals surface area contributed by atoms with Gasteiger partial charge in [-0.1, -0.05) is 18.6 Å². The Balaban J connectivity index is 1.96. The molecule has 0 radical (unpaired) electrons. The summed E-state index contributed by atoms with van der Waals surface area (Å²) < 4.78 is 10.5. The first-order valence-corrected chi connectivity index (χ1v) is 9.73. The van der Waals surface area contributed by atoms with Crippen LogP contribution in [0.4, 0.5) is 5.00 Å². The second-order valence-electron chi connectivity index (χ2n) is 6.14. The predicted octanol–water partition coefficient (Wildman–Crippen LogP) is 4.45. The summed E-state index contributed by atoms with van der Waals surface area (Å²) in [5.41, 5.74) is 2.01. The average Bonchev–Trinajstić information content (AvgIpc) is 2.82. The zero-order chi connectivity index (χ0) is 18.5. The highest BCUT2D eigenvalue weighted by molar-refractivity contribution is 7.17. The number of nitrogens with one attached hydrogen (secondary N) is 1. The molecule has 0 saturated heterocycles. The molecule has 3 rings (SSSR count). The fourth-order valence-electron chi connectivity index (χ4n) is 3.25. The molecule has 138 valence electrons. The van der Waals surface area contributed by atoms with Gasteiger partial charge in [-0.3, -0.25) is 4.79 Å². The van der Waals surface area contributed by atoms with E-state index in [1.54, 1.807) is 25.1 Å². The van der Waals surface area contributed by atoms with Crippen LogP contribution in [0.3, 0.4) is 0 Å². The van der Waals surface area contributed by atoms with E-state index in [4.69, 9.17) is 9.47 Å². The van der Waals surface area contributed by atoms with Crippen LogP contribution in [0.5, 0.6) is 5.75 Å². The van der Waals surface area contributed by atoms with Crippen molar-refractivity contribution in [2.45, 2.75) is 39.0 Å². The van der Waals surface area contributed by atoms with E-state index in [9.17, 15) is 9.59 Å². The predicted molar refractivity (Wildman–Crippen MR) is 102 cm³/mol. The molecule has 6 heteroatoms. The Labute approximate surface area is 157 Å². The van der Waals surface area contributed by atoms with Gasteiger partial charge in [-0.05, 0) is 50.3 Å². The van der Waals surface area contributed by atoms with E-state index in [1.807, 2.05) is 6.07 Å². The maximum absolute atomic E-state index is 12.8. The number of thiophene rings is 1. The second-order valence-corrected chi connectivity index (χ2v) is 7.25. The van der Waals surface area contributed by atoms with Gasteiger partial charge in [-0.2, -0.15) is 0 Å². The highest BCUT2D eigenvalue weighted by Crippen LogP contribution is 2.38. The third-order valence-corrected chi connectivity index (χ3v) is 5.69. The summed E-state index contributed by atoms with van der Waals surface area (Å²) in [5.74, 6) is -0.146. The molecule has 2 aromatic rings. The number of esters is 1. The molecule has 1 aliphatic carbocycles. The average molecular weight is 373 g/mol. The SMILES string of the molecule is CCOC(=O)c1c(NC(=O)c2ccccc2OC)sc2c1CCCCC2. The van der Waals surface area contributed by atoms with E-state index in [0.717, 1.165) is 37.7 Å². The number of hydrogen-bond donors (Lipinski definition) is 1. The van der Waals surface area contributed by atoms with Gasteiger partial charge in [0.25, 0.3) is 5.91 Å². The molecule has 1 heterocycles. The third kappa shape index (κ3) is 3.75. The van der Waals surface area contributed by atoms with Crippen LogP contribution >= 0.6 is 11.3 Å². The van der Waals surface area contributed by atoms with E-state index >= 15 is 0 Å². The Bertz CT molecular complexity index is 812. The fraction of sp³-hybridized carbons (Fsp3) is 0.400. The van der Waals surface area contributed by atoms with Gasteiger partial charge >= 0.3 is 5.97 Å². The molecule has 0 fully saturated rings. The Morgan fingerprint density at radius 1 is 1.15 bits per heavy atom. The number of ether oxygens (including phenoxy) is 2. The number of para-hydroxylation sites is 1. The molecule has 1 amide bonds. The van der Waals surface area contributed by atoms with Crippen LogP contribution in [0.2, 0.25) is 0 Å². The summed E-state index contributed by atoms with van der Waals surface area (Å²) in [5, 5.41) is 3.49. The number of anilines is 1. The number of aryl methyl sites for hydroxylation is 1. The van der Waals surface area contributed by atoms with Gasteiger partial charge in [-0.15, -0.1) is 11.3 Å². The summed E-state index contributed by atoms with van der Waals surface area (Å²) in [6.45, 7) is 2.10. The van der Waals surface area contributed by atoms with Crippen LogP contribution in [0.1, 0.15) is 57.3 Å². The van der Waals surface area contributed by atoms with Crippen LogP contribution in [0.25, 0.3) is 0 Å². The minimum Gasteiger partial charge on any atom is -0.496 e. The van der Waals surface area contributed by atoms with Crippen LogP contribution in [0, 0.1) is 0 Å². The van der Waals surface area contributed by atoms with Crippen molar-refractivity contribution in [3.63, 3.8) is 0 Å². The van der Waals surface area contributed by atoms with Crippen molar-refractivity contribution in [1.29, 1.82) is 0 Å². The molecule has 0 bridgehead atoms. The van der Waals surface area contributed by atoms with Gasteiger partial charge in [-0.25, -0.2) is 4.79 Å². The molecular formula is C20H23NO4S. The quantitative estimate of drug-likeness (QED) is 0.621. The van der Waals surface area contributed by atoms with E-state index in [2.05, 4.69) is 5.32 Å². The van der Waals surface area contributed by atoms with Gasteiger partial charge in [0.1, 0.15) is 10.8 Å². The molecule has 26 heavy (non-hydrogen) atoms. The lowest BCUT2D eigenvalue weighted by Gasteiger charge is -2.10. The van der Waals surface area contributed by atoms with Crippen molar-refractivity contribution in [2.75, 3.05) is 19.0 Å². The number of methoxy groups -OCH3 is 1. The lowest BCUT2D eigenvalue weighted by Crippen LogP contribution is -2.16. The highest BCUT2D eigenvalue weighted by atomic mass is 32.1. The van der Waals surface area contributed by atoms with Gasteiger partial charge in [0.15, 0.2) is 0 Å². The maximum Gasteiger partial charge on any atom is 0.341 e. The van der Waals surface area contributed by atoms with Crippen LogP contribution in [-0.4, -0.2) is 25.6 Å². The van der Waals surface area contributed by atoms with Crippen LogP contribution in [-0.2, 0) is 17.6 Å². The lowest BCUT2D eigenvalue weighted by molar-refractivity contribution is 0.0527. The number of rotatable bonds is 5. The first-order chi connectivity index (χ1) is 12.7. The van der Waals surface area contributed by atoms with E-state index < -0.39 is 0 Å². The normalized spacial score (nSPS) is 13.5. The first kappa shape index (κ1) is 18.5. The number of carbonyl (C=O) groups excluding carboxylic acids is 2. The standard InChI is InChI=1S/C20H23NO4S/c1-3-25-20(23)17-14-10-5-4-6-12-16(14)26-19(17)21-18(22)13-9-7-8-11-15(13)24-2/h7-9,11H,3-6,10,12H2,1-2H3,(H,21,22). The van der Waals surface area contributed by atoms with Gasteiger partial charge < -0.3 is 14.8 Å². The minimum atomic E-state index is -0.359. The summed E-state index contributed by atoms with van der Waals surface area (Å²) in [6.07, 6.45) is 5.11. The number of fused-ring (bicyclic) bond motifs is 1. The summed E-state index contributed by atoms with van der Waals surface area (Å²) >= 11 is 1.49. The molecule has 0 aliphatic heterocycles. The van der Waals surface area contributed by atoms with Crippen LogP contribution in [0.15, 0.2) is 24.3 Å². The first-order valence-electron chi connectivity index (χ1n) is 8.91. The number of benzene rings is 1. The molecular weight excluding hydrogens is 350 g/mol. The Kier molecular flexibility index (Phi) is 5.93. The monoisotopic (exact) mass is 373 g/mol. The summed E-state index contributed by atoms with van der Waals surface area (Å²) in [7, 11) is 1.53. The minimum absolute atomic E-state index is 0.288. The molecule has 0 atom stereocenters. The molecule has 1 aromatic heterocycles. The smallest absolute Gasteiger partial charge is 0.341 e. The summed E-state index contributed by atoms with van der Waals surface area (Å²) in [4.78, 5) is 26.5. The summed E-state index contributed by atoms with van der Waals surface area (Å²) in [6, 6.07) is 7.04. The van der Waals surface area contributed by atoms with Crippen molar-refractivity contribution in [2.24, 2.45) is 0 Å². The van der Waals surface area contributed by atoms with Crippen molar-refractivity contribution in [1.82, 2.24) is 0 Å². The van der Waals surface area contributed by atoms with Crippen molar-refractivity contribution in [3.05, 3.63) is 45.8 Å². The largest absolute Gasteiger partial charge is 0.496 e. The molecule has 1 aliphatic rings. The number of carbonyl (C=O) groups is 2. The molecule has 1 aromatic carbocycles. The topological polar surface area (TPSA) is 64.6 Å². The van der Waals surface area contributed by atoms with Gasteiger partial charge in [0.2, 0.25) is 0 Å². The number of hydrogen-bond acceptors (Lipinski definition) is 5.